The Morgan fingerprint density at radius 1 is 0.545 bits per heavy atom. The quantitative estimate of drug-likeness (QED) is 0.280. The first-order valence-electron chi connectivity index (χ1n) is 10.5. The molecule has 4 aromatic rings. The average Bonchev–Trinajstić information content (AvgIpc) is 2.79. The molecule has 4 rings (SSSR count). The molecule has 0 aliphatic carbocycles. The summed E-state index contributed by atoms with van der Waals surface area (Å²) in [7, 11) is -6.36. The highest BCUT2D eigenvalue weighted by molar-refractivity contribution is 8.33. The van der Waals surface area contributed by atoms with E-state index < -0.39 is 20.4 Å². The maximum atomic E-state index is 12.6. The Bertz CT molecular complexity index is 1270. The molecule has 0 saturated carbocycles. The normalized spacial score (nSPS) is 12.3. The summed E-state index contributed by atoms with van der Waals surface area (Å²) >= 11 is 0. The zero-order valence-corrected chi connectivity index (χ0v) is 20.4. The second-order valence-electron chi connectivity index (χ2n) is 7.84. The van der Waals surface area contributed by atoms with Crippen LogP contribution in [0.1, 0.15) is 11.1 Å². The number of rotatable bonds is 7. The van der Waals surface area contributed by atoms with Crippen molar-refractivity contribution in [1.29, 1.82) is 0 Å². The van der Waals surface area contributed by atoms with Gasteiger partial charge in [0, 0.05) is 14.7 Å². The first-order chi connectivity index (χ1) is 15.8. The number of para-hydroxylation sites is 1. The summed E-state index contributed by atoms with van der Waals surface area (Å²) < 4.78 is 37.1. The lowest BCUT2D eigenvalue weighted by molar-refractivity contribution is 0.482. The lowest BCUT2D eigenvalue weighted by Crippen LogP contribution is -2.13. The van der Waals surface area contributed by atoms with Gasteiger partial charge in [-0.15, -0.1) is 0 Å². The molecule has 0 spiro atoms. The van der Waals surface area contributed by atoms with Crippen molar-refractivity contribution in [2.45, 2.75) is 28.5 Å². The molecule has 4 aromatic carbocycles. The fraction of sp³-hybridized carbons (Fsp3) is 0.111. The van der Waals surface area contributed by atoms with Crippen LogP contribution in [0, 0.1) is 13.8 Å². The highest BCUT2D eigenvalue weighted by Crippen LogP contribution is 2.70. The van der Waals surface area contributed by atoms with Crippen LogP contribution in [-0.4, -0.2) is 14.7 Å². The van der Waals surface area contributed by atoms with Gasteiger partial charge in [0.15, 0.2) is 0 Å². The highest BCUT2D eigenvalue weighted by Gasteiger charge is 2.36. The van der Waals surface area contributed by atoms with E-state index in [2.05, 4.69) is 0 Å². The Hall–Kier alpha value is -3.06. The first kappa shape index (κ1) is 23.1. The number of hydrogen-bond donors (Lipinski definition) is 0. The SMILES string of the molecule is Cc1ccc(S(OS(C)(=O)=O)(c2ccc(C)cc2)c2ccc(Oc3ccccc3)cc2)cc1. The summed E-state index contributed by atoms with van der Waals surface area (Å²) in [5.74, 6) is 1.39. The third-order valence-corrected chi connectivity index (χ3v) is 9.68. The Labute approximate surface area is 197 Å². The Morgan fingerprint density at radius 3 is 1.36 bits per heavy atom. The Balaban J connectivity index is 1.88. The van der Waals surface area contributed by atoms with Gasteiger partial charge in [-0.2, -0.15) is 8.42 Å². The Kier molecular flexibility index (Phi) is 6.61. The number of ether oxygens (including phenoxy) is 1. The zero-order valence-electron chi connectivity index (χ0n) is 18.8. The number of hydrogen-bond acceptors (Lipinski definition) is 4. The van der Waals surface area contributed by atoms with Gasteiger partial charge in [-0.25, -0.2) is 3.63 Å². The molecule has 0 aliphatic rings. The molecule has 0 atom stereocenters. The topological polar surface area (TPSA) is 52.6 Å². The maximum Gasteiger partial charge on any atom is 0.274 e. The fourth-order valence-corrected chi connectivity index (χ4v) is 8.30. The van der Waals surface area contributed by atoms with Gasteiger partial charge in [0.25, 0.3) is 10.1 Å². The van der Waals surface area contributed by atoms with E-state index in [1.54, 1.807) is 0 Å². The minimum atomic E-state index is -3.80. The van der Waals surface area contributed by atoms with E-state index >= 15 is 0 Å². The van der Waals surface area contributed by atoms with Crippen molar-refractivity contribution in [3.63, 3.8) is 0 Å². The van der Waals surface area contributed by atoms with Crippen LogP contribution in [0.15, 0.2) is 118 Å². The van der Waals surface area contributed by atoms with Gasteiger partial charge in [0.2, 0.25) is 0 Å². The van der Waals surface area contributed by atoms with E-state index in [9.17, 15) is 8.42 Å². The van der Waals surface area contributed by atoms with Crippen molar-refractivity contribution in [2.24, 2.45) is 0 Å². The van der Waals surface area contributed by atoms with Gasteiger partial charge >= 0.3 is 0 Å². The fourth-order valence-electron chi connectivity index (χ4n) is 3.50. The molecule has 0 saturated heterocycles. The monoisotopic (exact) mass is 478 g/mol. The standard InChI is InChI=1S/C27H26O4S2/c1-21-9-15-25(16-10-21)33(31-32(3,28)29,26-17-11-22(2)12-18-26)27-19-13-24(14-20-27)30-23-7-5-4-6-8-23/h4-20H,1-3H3. The molecule has 0 fully saturated rings. The summed E-state index contributed by atoms with van der Waals surface area (Å²) in [6.45, 7) is 4.00. The van der Waals surface area contributed by atoms with E-state index in [0.29, 0.717) is 5.75 Å². The summed E-state index contributed by atoms with van der Waals surface area (Å²) in [6.07, 6.45) is 1.10. The van der Waals surface area contributed by atoms with Crippen molar-refractivity contribution in [2.75, 3.05) is 6.26 Å². The molecule has 0 aromatic heterocycles. The minimum Gasteiger partial charge on any atom is -0.457 e. The molecule has 6 heteroatoms. The molecular weight excluding hydrogens is 452 g/mol. The maximum absolute atomic E-state index is 12.6. The van der Waals surface area contributed by atoms with E-state index in [0.717, 1.165) is 37.8 Å². The molecule has 33 heavy (non-hydrogen) atoms. The Morgan fingerprint density at radius 2 is 0.939 bits per heavy atom. The molecule has 170 valence electrons. The van der Waals surface area contributed by atoms with E-state index in [-0.39, 0.29) is 0 Å². The highest BCUT2D eigenvalue weighted by atomic mass is 32.3. The molecular formula is C27H26O4S2. The van der Waals surface area contributed by atoms with Gasteiger partial charge < -0.3 is 4.74 Å². The summed E-state index contributed by atoms with van der Waals surface area (Å²) in [6, 6.07) is 32.7. The summed E-state index contributed by atoms with van der Waals surface area (Å²) in [4.78, 5) is 2.37. The molecule has 0 amide bonds. The minimum absolute atomic E-state index is 0.658. The lowest BCUT2D eigenvalue weighted by Gasteiger charge is -2.39. The first-order valence-corrected chi connectivity index (χ1v) is 13.8. The number of aryl methyl sites for hydroxylation is 2. The van der Waals surface area contributed by atoms with E-state index in [4.69, 9.17) is 8.37 Å². The van der Waals surface area contributed by atoms with Crippen LogP contribution in [0.4, 0.5) is 0 Å². The lowest BCUT2D eigenvalue weighted by atomic mass is 10.2. The number of benzene rings is 4. The van der Waals surface area contributed by atoms with Crippen LogP contribution in [0.25, 0.3) is 0 Å². The van der Waals surface area contributed by atoms with Gasteiger partial charge in [-0.1, -0.05) is 53.6 Å². The van der Waals surface area contributed by atoms with E-state index in [1.165, 1.54) is 0 Å². The van der Waals surface area contributed by atoms with E-state index in [1.807, 2.05) is 117 Å². The van der Waals surface area contributed by atoms with Crippen molar-refractivity contribution in [3.05, 3.63) is 114 Å². The largest absolute Gasteiger partial charge is 0.457 e. The molecule has 0 unspecified atom stereocenters. The van der Waals surface area contributed by atoms with Crippen LogP contribution in [0.2, 0.25) is 0 Å². The summed E-state index contributed by atoms with van der Waals surface area (Å²) in [5.41, 5.74) is 2.17. The van der Waals surface area contributed by atoms with Gasteiger partial charge in [0.1, 0.15) is 11.5 Å². The third-order valence-electron chi connectivity index (χ3n) is 5.07. The molecule has 0 N–H and O–H groups in total. The second kappa shape index (κ2) is 9.43. The van der Waals surface area contributed by atoms with Crippen LogP contribution >= 0.6 is 10.3 Å². The van der Waals surface area contributed by atoms with Crippen LogP contribution < -0.4 is 4.74 Å². The zero-order chi connectivity index (χ0) is 23.5. The van der Waals surface area contributed by atoms with Crippen LogP contribution in [0.5, 0.6) is 11.5 Å². The summed E-state index contributed by atoms with van der Waals surface area (Å²) in [5, 5.41) is 0. The van der Waals surface area contributed by atoms with Crippen molar-refractivity contribution >= 4 is 20.4 Å². The van der Waals surface area contributed by atoms with Crippen molar-refractivity contribution in [3.8, 4) is 11.5 Å². The molecule has 0 aliphatic heterocycles. The molecule has 4 nitrogen and oxygen atoms in total. The average molecular weight is 479 g/mol. The van der Waals surface area contributed by atoms with Crippen molar-refractivity contribution < 1.29 is 16.8 Å². The second-order valence-corrected chi connectivity index (χ2v) is 12.3. The predicted octanol–water partition coefficient (Wildman–Crippen LogP) is 7.27. The van der Waals surface area contributed by atoms with Crippen molar-refractivity contribution in [1.82, 2.24) is 0 Å². The molecule has 0 bridgehead atoms. The van der Waals surface area contributed by atoms with Crippen LogP contribution in [0.3, 0.4) is 0 Å². The van der Waals surface area contributed by atoms with Crippen LogP contribution in [-0.2, 0) is 13.7 Å². The predicted molar refractivity (Wildman–Crippen MR) is 134 cm³/mol. The molecule has 0 heterocycles. The molecule has 0 radical (unpaired) electrons. The third kappa shape index (κ3) is 5.30. The van der Waals surface area contributed by atoms with Gasteiger partial charge in [0.05, 0.1) is 6.26 Å². The smallest absolute Gasteiger partial charge is 0.274 e. The van der Waals surface area contributed by atoms with Gasteiger partial charge in [-0.05, 0) is 84.8 Å². The van der Waals surface area contributed by atoms with Gasteiger partial charge in [-0.3, -0.25) is 0 Å².